The molecule has 1 aliphatic carbocycles. The largest absolute Gasteiger partial charge is 0.390 e. The molecular formula is C15H23NO2. The van der Waals surface area contributed by atoms with E-state index in [1.54, 1.807) is 19.5 Å². The van der Waals surface area contributed by atoms with Gasteiger partial charge in [0.15, 0.2) is 0 Å². The minimum absolute atomic E-state index is 0.0292. The zero-order valence-corrected chi connectivity index (χ0v) is 11.1. The van der Waals surface area contributed by atoms with Crippen molar-refractivity contribution in [3.8, 4) is 0 Å². The number of aromatic nitrogens is 1. The van der Waals surface area contributed by atoms with E-state index in [1.807, 2.05) is 12.1 Å². The molecule has 1 aromatic heterocycles. The van der Waals surface area contributed by atoms with Gasteiger partial charge in [-0.05, 0) is 36.5 Å². The fourth-order valence-corrected chi connectivity index (χ4v) is 3.00. The van der Waals surface area contributed by atoms with E-state index in [4.69, 9.17) is 4.74 Å². The number of hydrogen-bond donors (Lipinski definition) is 1. The molecule has 0 amide bonds. The third-order valence-corrected chi connectivity index (χ3v) is 3.96. The molecule has 1 heterocycles. The number of hydrogen-bond acceptors (Lipinski definition) is 3. The Kier molecular flexibility index (Phi) is 5.14. The normalized spacial score (nSPS) is 20.6. The Balaban J connectivity index is 1.94. The van der Waals surface area contributed by atoms with E-state index in [9.17, 15) is 5.11 Å². The van der Waals surface area contributed by atoms with Crippen molar-refractivity contribution in [1.82, 2.24) is 4.98 Å². The summed E-state index contributed by atoms with van der Waals surface area (Å²) in [5, 5.41) is 10.4. The summed E-state index contributed by atoms with van der Waals surface area (Å²) in [7, 11) is 1.72. The zero-order chi connectivity index (χ0) is 12.8. The lowest BCUT2D eigenvalue weighted by molar-refractivity contribution is -0.0535. The highest BCUT2D eigenvalue weighted by atomic mass is 16.5. The van der Waals surface area contributed by atoms with Crippen LogP contribution in [-0.2, 0) is 11.2 Å². The van der Waals surface area contributed by atoms with Crippen LogP contribution in [0.1, 0.15) is 37.7 Å². The van der Waals surface area contributed by atoms with Crippen LogP contribution in [0.3, 0.4) is 0 Å². The van der Waals surface area contributed by atoms with E-state index >= 15 is 0 Å². The highest BCUT2D eigenvalue weighted by molar-refractivity contribution is 5.11. The highest BCUT2D eigenvalue weighted by Crippen LogP contribution is 2.30. The SMILES string of the molecule is COC(C(O)Cc1ccncc1)C1CCCCC1. The molecule has 0 radical (unpaired) electrons. The average Bonchev–Trinajstić information content (AvgIpc) is 2.42. The van der Waals surface area contributed by atoms with Gasteiger partial charge >= 0.3 is 0 Å². The molecule has 0 aromatic carbocycles. The first-order valence-corrected chi connectivity index (χ1v) is 6.91. The summed E-state index contributed by atoms with van der Waals surface area (Å²) in [6.45, 7) is 0. The molecule has 3 heteroatoms. The van der Waals surface area contributed by atoms with E-state index in [0.717, 1.165) is 5.56 Å². The number of rotatable bonds is 5. The summed E-state index contributed by atoms with van der Waals surface area (Å²) in [6.07, 6.45) is 9.98. The predicted molar refractivity (Wildman–Crippen MR) is 71.3 cm³/mol. The van der Waals surface area contributed by atoms with E-state index in [0.29, 0.717) is 12.3 Å². The fraction of sp³-hybridized carbons (Fsp3) is 0.667. The van der Waals surface area contributed by atoms with Crippen molar-refractivity contribution in [3.05, 3.63) is 30.1 Å². The highest BCUT2D eigenvalue weighted by Gasteiger charge is 2.29. The van der Waals surface area contributed by atoms with Crippen molar-refractivity contribution in [1.29, 1.82) is 0 Å². The molecule has 1 saturated carbocycles. The van der Waals surface area contributed by atoms with Crippen LogP contribution in [0.4, 0.5) is 0 Å². The Labute approximate surface area is 109 Å². The van der Waals surface area contributed by atoms with Crippen molar-refractivity contribution in [2.75, 3.05) is 7.11 Å². The van der Waals surface area contributed by atoms with E-state index < -0.39 is 6.10 Å². The van der Waals surface area contributed by atoms with Crippen molar-refractivity contribution < 1.29 is 9.84 Å². The van der Waals surface area contributed by atoms with Gasteiger partial charge in [-0.25, -0.2) is 0 Å². The van der Waals surface area contributed by atoms with Gasteiger partial charge in [0.2, 0.25) is 0 Å². The first kappa shape index (κ1) is 13.5. The average molecular weight is 249 g/mol. The van der Waals surface area contributed by atoms with Gasteiger partial charge in [0.1, 0.15) is 0 Å². The second-order valence-corrected chi connectivity index (χ2v) is 5.23. The number of aliphatic hydroxyl groups is 1. The Hall–Kier alpha value is -0.930. The molecule has 1 fully saturated rings. The maximum Gasteiger partial charge on any atom is 0.0861 e. The molecule has 0 saturated heterocycles. The molecule has 18 heavy (non-hydrogen) atoms. The second kappa shape index (κ2) is 6.86. The minimum atomic E-state index is -0.416. The first-order valence-electron chi connectivity index (χ1n) is 6.91. The summed E-state index contributed by atoms with van der Waals surface area (Å²) in [5.41, 5.74) is 1.12. The Bertz CT molecular complexity index is 336. The van der Waals surface area contributed by atoms with Gasteiger partial charge in [-0.1, -0.05) is 19.3 Å². The molecule has 0 bridgehead atoms. The molecule has 100 valence electrons. The standard InChI is InChI=1S/C15H23NO2/c1-18-15(13-5-3-2-4-6-13)14(17)11-12-7-9-16-10-8-12/h7-10,13-15,17H,2-6,11H2,1H3. The molecule has 0 aliphatic heterocycles. The number of methoxy groups -OCH3 is 1. The maximum atomic E-state index is 10.4. The Morgan fingerprint density at radius 1 is 1.28 bits per heavy atom. The van der Waals surface area contributed by atoms with Gasteiger partial charge in [0, 0.05) is 25.9 Å². The van der Waals surface area contributed by atoms with Crippen LogP contribution in [0.5, 0.6) is 0 Å². The molecule has 1 aromatic rings. The van der Waals surface area contributed by atoms with Gasteiger partial charge in [-0.2, -0.15) is 0 Å². The van der Waals surface area contributed by atoms with Crippen molar-refractivity contribution >= 4 is 0 Å². The zero-order valence-electron chi connectivity index (χ0n) is 11.1. The van der Waals surface area contributed by atoms with Crippen molar-refractivity contribution in [2.45, 2.75) is 50.7 Å². The lowest BCUT2D eigenvalue weighted by atomic mass is 9.82. The van der Waals surface area contributed by atoms with Crippen LogP contribution in [0.25, 0.3) is 0 Å². The van der Waals surface area contributed by atoms with Crippen LogP contribution in [-0.4, -0.2) is 29.4 Å². The van der Waals surface area contributed by atoms with E-state index in [2.05, 4.69) is 4.98 Å². The summed E-state index contributed by atoms with van der Waals surface area (Å²) in [5.74, 6) is 0.514. The molecule has 1 aliphatic rings. The lowest BCUT2D eigenvalue weighted by Gasteiger charge is -2.32. The van der Waals surface area contributed by atoms with E-state index in [-0.39, 0.29) is 6.10 Å². The van der Waals surface area contributed by atoms with Crippen molar-refractivity contribution in [2.24, 2.45) is 5.92 Å². The van der Waals surface area contributed by atoms with Gasteiger partial charge in [-0.3, -0.25) is 4.98 Å². The summed E-state index contributed by atoms with van der Waals surface area (Å²) in [6, 6.07) is 3.91. The van der Waals surface area contributed by atoms with Gasteiger partial charge < -0.3 is 9.84 Å². The molecule has 3 nitrogen and oxygen atoms in total. The quantitative estimate of drug-likeness (QED) is 0.872. The summed E-state index contributed by atoms with van der Waals surface area (Å²) < 4.78 is 5.56. The van der Waals surface area contributed by atoms with Gasteiger partial charge in [0.05, 0.1) is 12.2 Å². The smallest absolute Gasteiger partial charge is 0.0861 e. The first-order chi connectivity index (χ1) is 8.81. The monoisotopic (exact) mass is 249 g/mol. The van der Waals surface area contributed by atoms with Crippen LogP contribution < -0.4 is 0 Å². The Morgan fingerprint density at radius 2 is 1.94 bits per heavy atom. The van der Waals surface area contributed by atoms with Crippen LogP contribution in [0.2, 0.25) is 0 Å². The van der Waals surface area contributed by atoms with Gasteiger partial charge in [-0.15, -0.1) is 0 Å². The molecule has 0 spiro atoms. The number of ether oxygens (including phenoxy) is 1. The number of nitrogens with zero attached hydrogens (tertiary/aromatic N) is 1. The summed E-state index contributed by atoms with van der Waals surface area (Å²) >= 11 is 0. The third-order valence-electron chi connectivity index (χ3n) is 3.96. The molecule has 2 atom stereocenters. The number of pyridine rings is 1. The second-order valence-electron chi connectivity index (χ2n) is 5.23. The van der Waals surface area contributed by atoms with Crippen LogP contribution in [0, 0.1) is 5.92 Å². The maximum absolute atomic E-state index is 10.4. The molecule has 1 N–H and O–H groups in total. The fourth-order valence-electron chi connectivity index (χ4n) is 3.00. The predicted octanol–water partition coefficient (Wildman–Crippen LogP) is 2.58. The molecule has 2 rings (SSSR count). The molecule has 2 unspecified atom stereocenters. The minimum Gasteiger partial charge on any atom is -0.390 e. The van der Waals surface area contributed by atoms with Crippen LogP contribution >= 0.6 is 0 Å². The van der Waals surface area contributed by atoms with Crippen LogP contribution in [0.15, 0.2) is 24.5 Å². The third kappa shape index (κ3) is 3.53. The number of aliphatic hydroxyl groups excluding tert-OH is 1. The Morgan fingerprint density at radius 3 is 2.56 bits per heavy atom. The van der Waals surface area contributed by atoms with E-state index in [1.165, 1.54) is 32.1 Å². The van der Waals surface area contributed by atoms with Gasteiger partial charge in [0.25, 0.3) is 0 Å². The lowest BCUT2D eigenvalue weighted by Crippen LogP contribution is -2.37. The summed E-state index contributed by atoms with van der Waals surface area (Å²) in [4.78, 5) is 3.99. The van der Waals surface area contributed by atoms with Crippen molar-refractivity contribution in [3.63, 3.8) is 0 Å². The molecular weight excluding hydrogens is 226 g/mol. The topological polar surface area (TPSA) is 42.4 Å².